The summed E-state index contributed by atoms with van der Waals surface area (Å²) >= 11 is 0. The lowest BCUT2D eigenvalue weighted by Gasteiger charge is -1.88. The predicted molar refractivity (Wildman–Crippen MR) is 43.3 cm³/mol. The normalized spacial score (nSPS) is 13.3. The highest BCUT2D eigenvalue weighted by molar-refractivity contribution is 6.21. The molecule has 4 heteroatoms. The summed E-state index contributed by atoms with van der Waals surface area (Å²) in [5.74, 6) is -0.601. The Kier molecular flexibility index (Phi) is 1.93. The van der Waals surface area contributed by atoms with Crippen LogP contribution in [-0.4, -0.2) is 11.8 Å². The lowest BCUT2D eigenvalue weighted by atomic mass is 10.1. The number of rotatable bonds is 0. The molecule has 4 N–H and O–H groups in total. The van der Waals surface area contributed by atoms with E-state index in [4.69, 9.17) is 0 Å². The minimum Gasteiger partial charge on any atom is -0.344 e. The van der Waals surface area contributed by atoms with Gasteiger partial charge in [0, 0.05) is 0 Å². The number of amides is 2. The highest BCUT2D eigenvalue weighted by Crippen LogP contribution is 2.13. The predicted octanol–water partition coefficient (Wildman–Crippen LogP) is 0.732. The van der Waals surface area contributed by atoms with Gasteiger partial charge in [0.25, 0.3) is 11.8 Å². The minimum atomic E-state index is -0.300. The van der Waals surface area contributed by atoms with Crippen LogP contribution < -0.4 is 11.5 Å². The van der Waals surface area contributed by atoms with E-state index in [-0.39, 0.29) is 18.0 Å². The van der Waals surface area contributed by atoms with Crippen molar-refractivity contribution >= 4 is 11.8 Å². The highest BCUT2D eigenvalue weighted by Gasteiger charge is 2.25. The van der Waals surface area contributed by atoms with Crippen molar-refractivity contribution in [2.45, 2.75) is 0 Å². The molecule has 1 aliphatic rings. The Hall–Kier alpha value is -1.68. The molecule has 1 aliphatic heterocycles. The summed E-state index contributed by atoms with van der Waals surface area (Å²) in [7, 11) is 0. The zero-order valence-corrected chi connectivity index (χ0v) is 6.33. The van der Waals surface area contributed by atoms with Crippen molar-refractivity contribution in [3.8, 4) is 0 Å². The zero-order chi connectivity index (χ0) is 7.84. The van der Waals surface area contributed by atoms with E-state index in [1.165, 1.54) is 0 Å². The average molecular weight is 164 g/mol. The molecule has 0 aromatic heterocycles. The molecule has 4 nitrogen and oxygen atoms in total. The van der Waals surface area contributed by atoms with Crippen LogP contribution in [0.2, 0.25) is 0 Å². The summed E-state index contributed by atoms with van der Waals surface area (Å²) < 4.78 is 0. The van der Waals surface area contributed by atoms with Crippen LogP contribution in [0, 0.1) is 0 Å². The third-order valence-corrected chi connectivity index (χ3v) is 1.64. The molecular weight excluding hydrogens is 156 g/mol. The third-order valence-electron chi connectivity index (χ3n) is 1.64. The van der Waals surface area contributed by atoms with Crippen LogP contribution in [0.15, 0.2) is 24.3 Å². The lowest BCUT2D eigenvalue weighted by molar-refractivity contribution is 0.0879. The summed E-state index contributed by atoms with van der Waals surface area (Å²) in [6.45, 7) is 0. The Labute approximate surface area is 69.2 Å². The summed E-state index contributed by atoms with van der Waals surface area (Å²) in [6, 6.07) is 6.74. The van der Waals surface area contributed by atoms with Gasteiger partial charge in [-0.05, 0) is 12.1 Å². The summed E-state index contributed by atoms with van der Waals surface area (Å²) in [6.07, 6.45) is 0. The summed E-state index contributed by atoms with van der Waals surface area (Å²) in [5, 5.41) is 2.20. The van der Waals surface area contributed by atoms with Gasteiger partial charge in [-0.1, -0.05) is 12.1 Å². The van der Waals surface area contributed by atoms with E-state index in [1.54, 1.807) is 24.3 Å². The fourth-order valence-corrected chi connectivity index (χ4v) is 1.12. The second-order valence-electron chi connectivity index (χ2n) is 2.33. The first kappa shape index (κ1) is 8.42. The Bertz CT molecular complexity index is 314. The maximum absolute atomic E-state index is 10.9. The molecule has 0 saturated carbocycles. The number of carbonyl (C=O) groups is 2. The number of hydrogen-bond acceptors (Lipinski definition) is 3. The van der Waals surface area contributed by atoms with Gasteiger partial charge in [0.2, 0.25) is 0 Å². The summed E-state index contributed by atoms with van der Waals surface area (Å²) in [5.41, 5.74) is 0.940. The number of carbonyl (C=O) groups excluding carboxylic acids is 2. The summed E-state index contributed by atoms with van der Waals surface area (Å²) in [4.78, 5) is 21.9. The van der Waals surface area contributed by atoms with Crippen molar-refractivity contribution in [3.05, 3.63) is 35.4 Å². The topological polar surface area (TPSA) is 81.2 Å². The van der Waals surface area contributed by atoms with Crippen molar-refractivity contribution in [1.82, 2.24) is 11.5 Å². The molecule has 0 aliphatic carbocycles. The van der Waals surface area contributed by atoms with Gasteiger partial charge in [-0.2, -0.15) is 0 Å². The molecule has 2 rings (SSSR count). The molecular formula is C8H8N2O2. The van der Waals surface area contributed by atoms with Crippen molar-refractivity contribution in [2.24, 2.45) is 0 Å². The SMILES string of the molecule is N.O=C1NC(=O)c2ccccc21. The molecule has 0 unspecified atom stereocenters. The second kappa shape index (κ2) is 2.75. The van der Waals surface area contributed by atoms with E-state index >= 15 is 0 Å². The average Bonchev–Trinajstić information content (AvgIpc) is 2.30. The first-order chi connectivity index (χ1) is 5.29. The Morgan fingerprint density at radius 3 is 1.75 bits per heavy atom. The van der Waals surface area contributed by atoms with Crippen LogP contribution in [0.5, 0.6) is 0 Å². The molecule has 0 radical (unpaired) electrons. The van der Waals surface area contributed by atoms with E-state index in [2.05, 4.69) is 5.32 Å². The molecule has 1 aromatic carbocycles. The van der Waals surface area contributed by atoms with E-state index < -0.39 is 0 Å². The highest BCUT2D eigenvalue weighted by atomic mass is 16.2. The number of hydrogen-bond donors (Lipinski definition) is 2. The fourth-order valence-electron chi connectivity index (χ4n) is 1.12. The first-order valence-corrected chi connectivity index (χ1v) is 3.24. The standard InChI is InChI=1S/C8H5NO2.H3N/c10-7-5-3-1-2-4-6(5)8(11)9-7;/h1-4H,(H,9,10,11);1H3. The van der Waals surface area contributed by atoms with Gasteiger partial charge < -0.3 is 6.15 Å². The van der Waals surface area contributed by atoms with Gasteiger partial charge in [0.05, 0.1) is 11.1 Å². The van der Waals surface area contributed by atoms with E-state index in [1.807, 2.05) is 0 Å². The van der Waals surface area contributed by atoms with Gasteiger partial charge >= 0.3 is 0 Å². The molecule has 1 heterocycles. The number of imide groups is 1. The largest absolute Gasteiger partial charge is 0.344 e. The quantitative estimate of drug-likeness (QED) is 0.554. The maximum Gasteiger partial charge on any atom is 0.258 e. The van der Waals surface area contributed by atoms with Crippen LogP contribution in [0.25, 0.3) is 0 Å². The molecule has 1 aromatic rings. The molecule has 62 valence electrons. The van der Waals surface area contributed by atoms with Gasteiger partial charge in [0.15, 0.2) is 0 Å². The number of benzene rings is 1. The van der Waals surface area contributed by atoms with Crippen molar-refractivity contribution in [3.63, 3.8) is 0 Å². The van der Waals surface area contributed by atoms with Crippen LogP contribution in [0.1, 0.15) is 20.7 Å². The Morgan fingerprint density at radius 2 is 1.33 bits per heavy atom. The smallest absolute Gasteiger partial charge is 0.258 e. The molecule has 12 heavy (non-hydrogen) atoms. The number of nitrogens with one attached hydrogen (secondary N) is 1. The van der Waals surface area contributed by atoms with E-state index in [9.17, 15) is 9.59 Å². The zero-order valence-electron chi connectivity index (χ0n) is 6.33. The van der Waals surface area contributed by atoms with Gasteiger partial charge in [-0.3, -0.25) is 14.9 Å². The van der Waals surface area contributed by atoms with Crippen molar-refractivity contribution < 1.29 is 9.59 Å². The van der Waals surface area contributed by atoms with Gasteiger partial charge in [-0.15, -0.1) is 0 Å². The molecule has 0 bridgehead atoms. The monoisotopic (exact) mass is 164 g/mol. The molecule has 0 spiro atoms. The van der Waals surface area contributed by atoms with Gasteiger partial charge in [0.1, 0.15) is 0 Å². The van der Waals surface area contributed by atoms with Crippen LogP contribution in [0.4, 0.5) is 0 Å². The maximum atomic E-state index is 10.9. The van der Waals surface area contributed by atoms with E-state index in [0.29, 0.717) is 11.1 Å². The van der Waals surface area contributed by atoms with Crippen LogP contribution in [0.3, 0.4) is 0 Å². The minimum absolute atomic E-state index is 0. The van der Waals surface area contributed by atoms with Crippen LogP contribution >= 0.6 is 0 Å². The molecule has 0 atom stereocenters. The Morgan fingerprint density at radius 1 is 0.917 bits per heavy atom. The Balaban J connectivity index is 0.000000720. The number of fused-ring (bicyclic) bond motifs is 1. The molecule has 0 fully saturated rings. The molecule has 0 saturated heterocycles. The first-order valence-electron chi connectivity index (χ1n) is 3.24. The van der Waals surface area contributed by atoms with Crippen molar-refractivity contribution in [1.29, 1.82) is 0 Å². The van der Waals surface area contributed by atoms with E-state index in [0.717, 1.165) is 0 Å². The third kappa shape index (κ3) is 0.981. The second-order valence-corrected chi connectivity index (χ2v) is 2.33. The molecule has 2 amide bonds. The van der Waals surface area contributed by atoms with Gasteiger partial charge in [-0.25, -0.2) is 0 Å². The van der Waals surface area contributed by atoms with Crippen LogP contribution in [-0.2, 0) is 0 Å². The fraction of sp³-hybridized carbons (Fsp3) is 0. The lowest BCUT2D eigenvalue weighted by Crippen LogP contribution is -2.19. The van der Waals surface area contributed by atoms with Crippen molar-refractivity contribution in [2.75, 3.05) is 0 Å².